The highest BCUT2D eigenvalue weighted by molar-refractivity contribution is 4.88. The second kappa shape index (κ2) is 5.83. The summed E-state index contributed by atoms with van der Waals surface area (Å²) in [5, 5.41) is 0. The Hall–Kier alpha value is -0.120. The van der Waals surface area contributed by atoms with Gasteiger partial charge in [-0.15, -0.1) is 0 Å². The van der Waals surface area contributed by atoms with Crippen LogP contribution in [-0.2, 0) is 0 Å². The Morgan fingerprint density at radius 2 is 1.93 bits per heavy atom. The summed E-state index contributed by atoms with van der Waals surface area (Å²) in [5.74, 6) is 0. The second-order valence-corrected chi connectivity index (χ2v) is 5.09. The van der Waals surface area contributed by atoms with E-state index >= 15 is 0 Å². The van der Waals surface area contributed by atoms with Gasteiger partial charge in [-0.2, -0.15) is 0 Å². The Morgan fingerprint density at radius 3 is 2.53 bits per heavy atom. The van der Waals surface area contributed by atoms with Gasteiger partial charge < -0.3 is 10.6 Å². The predicted octanol–water partition coefficient (Wildman–Crippen LogP) is 1.14. The fourth-order valence-corrected chi connectivity index (χ4v) is 2.51. The van der Waals surface area contributed by atoms with Gasteiger partial charge in [-0.3, -0.25) is 4.90 Å². The molecule has 1 atom stereocenters. The topological polar surface area (TPSA) is 32.5 Å². The van der Waals surface area contributed by atoms with Crippen molar-refractivity contribution in [2.45, 2.75) is 38.6 Å². The molecule has 1 saturated heterocycles. The summed E-state index contributed by atoms with van der Waals surface area (Å²) in [5.41, 5.74) is 6.18. The molecule has 1 unspecified atom stereocenters. The first-order chi connectivity index (χ1) is 7.12. The zero-order chi connectivity index (χ0) is 11.3. The monoisotopic (exact) mass is 213 g/mol. The molecule has 3 nitrogen and oxygen atoms in total. The van der Waals surface area contributed by atoms with E-state index in [1.54, 1.807) is 0 Å². The van der Waals surface area contributed by atoms with E-state index in [0.29, 0.717) is 0 Å². The molecule has 0 spiro atoms. The average molecular weight is 213 g/mol. The molecule has 2 N–H and O–H groups in total. The fraction of sp³-hybridized carbons (Fsp3) is 1.00. The molecule has 0 radical (unpaired) electrons. The van der Waals surface area contributed by atoms with Gasteiger partial charge >= 0.3 is 0 Å². The van der Waals surface area contributed by atoms with E-state index in [-0.39, 0.29) is 5.54 Å². The van der Waals surface area contributed by atoms with Gasteiger partial charge in [0.15, 0.2) is 0 Å². The number of hydrogen-bond donors (Lipinski definition) is 1. The fourth-order valence-electron chi connectivity index (χ4n) is 2.51. The maximum atomic E-state index is 5.95. The number of nitrogens with two attached hydrogens (primary N) is 1. The normalized spacial score (nSPS) is 24.8. The van der Waals surface area contributed by atoms with Crippen molar-refractivity contribution >= 4 is 0 Å². The molecule has 0 saturated carbocycles. The van der Waals surface area contributed by atoms with Gasteiger partial charge in [-0.25, -0.2) is 0 Å². The molecule has 1 heterocycles. The lowest BCUT2D eigenvalue weighted by Gasteiger charge is -2.40. The Kier molecular flexibility index (Phi) is 5.03. The molecule has 90 valence electrons. The van der Waals surface area contributed by atoms with Crippen molar-refractivity contribution < 1.29 is 0 Å². The Balaban J connectivity index is 2.58. The van der Waals surface area contributed by atoms with E-state index in [1.165, 1.54) is 45.4 Å². The first-order valence-corrected chi connectivity index (χ1v) is 6.26. The van der Waals surface area contributed by atoms with Crippen LogP contribution >= 0.6 is 0 Å². The molecule has 0 bridgehead atoms. The third-order valence-electron chi connectivity index (χ3n) is 3.71. The molecule has 15 heavy (non-hydrogen) atoms. The maximum Gasteiger partial charge on any atom is 0.0304 e. The summed E-state index contributed by atoms with van der Waals surface area (Å²) in [6.07, 6.45) is 3.71. The SMILES string of the molecule is CCCC(C)(CN)N1CCCN(C)CC1. The smallest absolute Gasteiger partial charge is 0.0304 e. The lowest BCUT2D eigenvalue weighted by molar-refractivity contribution is 0.105. The minimum absolute atomic E-state index is 0.222. The van der Waals surface area contributed by atoms with Crippen LogP contribution < -0.4 is 5.73 Å². The van der Waals surface area contributed by atoms with Gasteiger partial charge in [0.1, 0.15) is 0 Å². The highest BCUT2D eigenvalue weighted by atomic mass is 15.2. The minimum atomic E-state index is 0.222. The molecule has 0 aromatic heterocycles. The van der Waals surface area contributed by atoms with Crippen LogP contribution in [-0.4, -0.2) is 55.1 Å². The zero-order valence-electron chi connectivity index (χ0n) is 10.6. The predicted molar refractivity (Wildman–Crippen MR) is 66.1 cm³/mol. The molecule has 1 aliphatic rings. The Labute approximate surface area is 94.6 Å². The van der Waals surface area contributed by atoms with E-state index in [2.05, 4.69) is 30.7 Å². The summed E-state index contributed by atoms with van der Waals surface area (Å²) < 4.78 is 0. The summed E-state index contributed by atoms with van der Waals surface area (Å²) in [6, 6.07) is 0. The van der Waals surface area contributed by atoms with Crippen molar-refractivity contribution in [3.05, 3.63) is 0 Å². The van der Waals surface area contributed by atoms with Gasteiger partial charge in [-0.05, 0) is 39.9 Å². The van der Waals surface area contributed by atoms with Gasteiger partial charge in [0.25, 0.3) is 0 Å². The zero-order valence-corrected chi connectivity index (χ0v) is 10.6. The first-order valence-electron chi connectivity index (χ1n) is 6.26. The highest BCUT2D eigenvalue weighted by Gasteiger charge is 2.30. The van der Waals surface area contributed by atoms with Crippen LogP contribution in [0.5, 0.6) is 0 Å². The molecule has 0 aliphatic carbocycles. The Morgan fingerprint density at radius 1 is 1.20 bits per heavy atom. The molecule has 3 heteroatoms. The van der Waals surface area contributed by atoms with Crippen molar-refractivity contribution in [1.29, 1.82) is 0 Å². The number of hydrogen-bond acceptors (Lipinski definition) is 3. The molecule has 1 rings (SSSR count). The number of rotatable bonds is 4. The summed E-state index contributed by atoms with van der Waals surface area (Å²) in [4.78, 5) is 5.02. The maximum absolute atomic E-state index is 5.95. The molecular weight excluding hydrogens is 186 g/mol. The number of likely N-dealkylation sites (N-methyl/N-ethyl adjacent to an activating group) is 1. The standard InChI is InChI=1S/C12H27N3/c1-4-6-12(2,11-13)15-8-5-7-14(3)9-10-15/h4-11,13H2,1-3H3. The van der Waals surface area contributed by atoms with Crippen LogP contribution in [0.4, 0.5) is 0 Å². The lowest BCUT2D eigenvalue weighted by Crippen LogP contribution is -2.52. The molecular formula is C12H27N3. The van der Waals surface area contributed by atoms with Gasteiger partial charge in [-0.1, -0.05) is 13.3 Å². The third-order valence-corrected chi connectivity index (χ3v) is 3.71. The summed E-state index contributed by atoms with van der Waals surface area (Å²) in [7, 11) is 2.21. The van der Waals surface area contributed by atoms with Crippen LogP contribution in [0.25, 0.3) is 0 Å². The molecule has 0 aromatic rings. The molecule has 0 amide bonds. The third kappa shape index (κ3) is 3.44. The van der Waals surface area contributed by atoms with Gasteiger partial charge in [0.2, 0.25) is 0 Å². The van der Waals surface area contributed by atoms with Crippen LogP contribution in [0.1, 0.15) is 33.1 Å². The molecule has 0 aromatic carbocycles. The molecule has 1 fully saturated rings. The van der Waals surface area contributed by atoms with Crippen LogP contribution in [0, 0.1) is 0 Å². The second-order valence-electron chi connectivity index (χ2n) is 5.09. The highest BCUT2D eigenvalue weighted by Crippen LogP contribution is 2.21. The largest absolute Gasteiger partial charge is 0.329 e. The van der Waals surface area contributed by atoms with Crippen molar-refractivity contribution in [1.82, 2.24) is 9.80 Å². The summed E-state index contributed by atoms with van der Waals surface area (Å²) in [6.45, 7) is 10.1. The van der Waals surface area contributed by atoms with Gasteiger partial charge in [0, 0.05) is 25.2 Å². The van der Waals surface area contributed by atoms with Gasteiger partial charge in [0.05, 0.1) is 0 Å². The average Bonchev–Trinajstić information content (AvgIpc) is 2.43. The summed E-state index contributed by atoms with van der Waals surface area (Å²) >= 11 is 0. The number of nitrogens with zero attached hydrogens (tertiary/aromatic N) is 2. The van der Waals surface area contributed by atoms with Crippen molar-refractivity contribution in [2.24, 2.45) is 5.73 Å². The van der Waals surface area contributed by atoms with Crippen molar-refractivity contribution in [3.63, 3.8) is 0 Å². The quantitative estimate of drug-likeness (QED) is 0.760. The van der Waals surface area contributed by atoms with Crippen LogP contribution in [0.15, 0.2) is 0 Å². The van der Waals surface area contributed by atoms with E-state index in [9.17, 15) is 0 Å². The van der Waals surface area contributed by atoms with E-state index in [0.717, 1.165) is 6.54 Å². The Bertz CT molecular complexity index is 184. The lowest BCUT2D eigenvalue weighted by atomic mass is 9.93. The molecule has 1 aliphatic heterocycles. The minimum Gasteiger partial charge on any atom is -0.329 e. The first kappa shape index (κ1) is 12.9. The van der Waals surface area contributed by atoms with Crippen molar-refractivity contribution in [2.75, 3.05) is 39.8 Å². The van der Waals surface area contributed by atoms with Crippen LogP contribution in [0.3, 0.4) is 0 Å². The van der Waals surface area contributed by atoms with Crippen LogP contribution in [0.2, 0.25) is 0 Å². The van der Waals surface area contributed by atoms with Crippen molar-refractivity contribution in [3.8, 4) is 0 Å². The van der Waals surface area contributed by atoms with E-state index in [1.807, 2.05) is 0 Å². The van der Waals surface area contributed by atoms with E-state index in [4.69, 9.17) is 5.73 Å². The van der Waals surface area contributed by atoms with E-state index < -0.39 is 0 Å².